The van der Waals surface area contributed by atoms with Crippen molar-refractivity contribution in [2.45, 2.75) is 44.8 Å². The second-order valence-electron chi connectivity index (χ2n) is 5.54. The molecule has 2 heterocycles. The van der Waals surface area contributed by atoms with Crippen LogP contribution < -0.4 is 0 Å². The van der Waals surface area contributed by atoms with Crippen molar-refractivity contribution in [3.8, 4) is 0 Å². The number of carboxylic acid groups (broad SMARTS) is 1. The number of amides is 2. The van der Waals surface area contributed by atoms with Gasteiger partial charge in [0.2, 0.25) is 0 Å². The highest BCUT2D eigenvalue weighted by Crippen LogP contribution is 2.24. The van der Waals surface area contributed by atoms with Crippen LogP contribution in [0.2, 0.25) is 0 Å². The Balaban J connectivity index is 2.03. The second kappa shape index (κ2) is 5.77. The topological polar surface area (TPSA) is 81.1 Å². The summed E-state index contributed by atoms with van der Waals surface area (Å²) < 4.78 is 0. The number of β-amino-alcohol motifs (C(OH)–C–C–N with tert-alkyl or cyclic N) is 1. The van der Waals surface area contributed by atoms with Gasteiger partial charge in [-0.1, -0.05) is 13.3 Å². The van der Waals surface area contributed by atoms with E-state index in [0.29, 0.717) is 19.0 Å². The number of aliphatic hydroxyl groups is 1. The van der Waals surface area contributed by atoms with Crippen LogP contribution in [-0.4, -0.2) is 63.8 Å². The van der Waals surface area contributed by atoms with Gasteiger partial charge in [0.15, 0.2) is 0 Å². The monoisotopic (exact) mass is 270 g/mol. The minimum atomic E-state index is -1.03. The van der Waals surface area contributed by atoms with Crippen LogP contribution in [0.15, 0.2) is 0 Å². The molecule has 0 bridgehead atoms. The number of carbonyl (C=O) groups is 2. The Bertz CT molecular complexity index is 361. The molecule has 0 aliphatic carbocycles. The van der Waals surface area contributed by atoms with E-state index in [4.69, 9.17) is 5.11 Å². The number of carbonyl (C=O) groups excluding carboxylic acids is 1. The van der Waals surface area contributed by atoms with Gasteiger partial charge in [-0.15, -0.1) is 0 Å². The minimum absolute atomic E-state index is 0.128. The Morgan fingerprint density at radius 3 is 2.68 bits per heavy atom. The van der Waals surface area contributed by atoms with E-state index in [2.05, 4.69) is 6.92 Å². The Kier molecular flexibility index (Phi) is 4.29. The van der Waals surface area contributed by atoms with Gasteiger partial charge in [-0.05, 0) is 18.8 Å². The van der Waals surface area contributed by atoms with Crippen molar-refractivity contribution in [3.05, 3.63) is 0 Å². The van der Waals surface area contributed by atoms with Crippen molar-refractivity contribution in [2.24, 2.45) is 5.92 Å². The maximum absolute atomic E-state index is 12.4. The van der Waals surface area contributed by atoms with E-state index in [-0.39, 0.29) is 19.0 Å². The van der Waals surface area contributed by atoms with Gasteiger partial charge in [-0.25, -0.2) is 9.59 Å². The van der Waals surface area contributed by atoms with E-state index < -0.39 is 18.1 Å². The van der Waals surface area contributed by atoms with Gasteiger partial charge in [0.25, 0.3) is 0 Å². The van der Waals surface area contributed by atoms with Gasteiger partial charge in [0.05, 0.1) is 6.10 Å². The number of rotatable bonds is 2. The summed E-state index contributed by atoms with van der Waals surface area (Å²) in [5.74, 6) is -0.526. The van der Waals surface area contributed by atoms with Crippen LogP contribution in [0.1, 0.15) is 32.6 Å². The quantitative estimate of drug-likeness (QED) is 0.776. The standard InChI is InChI=1S/C13H22N2O4/c1-2-9-4-3-5-14(7-9)13(19)15-8-10(16)6-11(15)12(17)18/h9-11,16H,2-8H2,1H3,(H,17,18)/t9?,10-,11+/m1/s1. The molecule has 1 unspecified atom stereocenters. The van der Waals surface area contributed by atoms with Crippen molar-refractivity contribution >= 4 is 12.0 Å². The highest BCUT2D eigenvalue weighted by Gasteiger charge is 2.41. The number of urea groups is 1. The third-order valence-corrected chi connectivity index (χ3v) is 4.18. The molecule has 0 radical (unpaired) electrons. The molecule has 2 saturated heterocycles. The van der Waals surface area contributed by atoms with Crippen LogP contribution in [-0.2, 0) is 4.79 Å². The van der Waals surface area contributed by atoms with E-state index in [1.165, 1.54) is 4.90 Å². The molecule has 19 heavy (non-hydrogen) atoms. The second-order valence-corrected chi connectivity index (χ2v) is 5.54. The van der Waals surface area contributed by atoms with Crippen molar-refractivity contribution in [1.82, 2.24) is 9.80 Å². The molecule has 2 amide bonds. The zero-order valence-corrected chi connectivity index (χ0v) is 11.3. The van der Waals surface area contributed by atoms with Gasteiger partial charge in [-0.3, -0.25) is 0 Å². The number of likely N-dealkylation sites (tertiary alicyclic amines) is 2. The number of aliphatic carboxylic acids is 1. The zero-order chi connectivity index (χ0) is 14.0. The third kappa shape index (κ3) is 3.00. The Labute approximate surface area is 113 Å². The van der Waals surface area contributed by atoms with Crippen molar-refractivity contribution in [1.29, 1.82) is 0 Å². The molecular formula is C13H22N2O4. The highest BCUT2D eigenvalue weighted by molar-refractivity contribution is 5.83. The van der Waals surface area contributed by atoms with Crippen LogP contribution in [0.25, 0.3) is 0 Å². The van der Waals surface area contributed by atoms with Crippen LogP contribution in [0.4, 0.5) is 4.79 Å². The lowest BCUT2D eigenvalue weighted by atomic mass is 9.96. The molecule has 0 saturated carbocycles. The van der Waals surface area contributed by atoms with Gasteiger partial charge in [-0.2, -0.15) is 0 Å². The van der Waals surface area contributed by atoms with Crippen LogP contribution in [0.3, 0.4) is 0 Å². The van der Waals surface area contributed by atoms with E-state index >= 15 is 0 Å². The summed E-state index contributed by atoms with van der Waals surface area (Å²) in [6, 6.07) is -1.12. The Morgan fingerprint density at radius 1 is 1.32 bits per heavy atom. The lowest BCUT2D eigenvalue weighted by Gasteiger charge is -2.36. The summed E-state index contributed by atoms with van der Waals surface area (Å²) >= 11 is 0. The van der Waals surface area contributed by atoms with E-state index in [1.54, 1.807) is 4.90 Å². The number of carboxylic acids is 1. The van der Waals surface area contributed by atoms with Crippen LogP contribution in [0, 0.1) is 5.92 Å². The van der Waals surface area contributed by atoms with Crippen molar-refractivity contribution < 1.29 is 19.8 Å². The minimum Gasteiger partial charge on any atom is -0.480 e. The number of hydrogen-bond acceptors (Lipinski definition) is 3. The predicted molar refractivity (Wildman–Crippen MR) is 68.7 cm³/mol. The fourth-order valence-corrected chi connectivity index (χ4v) is 3.01. The summed E-state index contributed by atoms with van der Waals surface area (Å²) in [7, 11) is 0. The molecule has 6 heteroatoms. The fourth-order valence-electron chi connectivity index (χ4n) is 3.01. The van der Waals surface area contributed by atoms with Gasteiger partial charge >= 0.3 is 12.0 Å². The largest absolute Gasteiger partial charge is 0.480 e. The lowest BCUT2D eigenvalue weighted by Crippen LogP contribution is -2.51. The maximum atomic E-state index is 12.4. The first kappa shape index (κ1) is 14.1. The molecule has 2 fully saturated rings. The van der Waals surface area contributed by atoms with Crippen LogP contribution >= 0.6 is 0 Å². The van der Waals surface area contributed by atoms with Crippen molar-refractivity contribution in [3.63, 3.8) is 0 Å². The summed E-state index contributed by atoms with van der Waals surface area (Å²) in [6.07, 6.45) is 2.54. The lowest BCUT2D eigenvalue weighted by molar-refractivity contribution is -0.141. The molecule has 2 aliphatic rings. The molecular weight excluding hydrogens is 248 g/mol. The molecule has 6 nitrogen and oxygen atoms in total. The first-order chi connectivity index (χ1) is 9.02. The first-order valence-electron chi connectivity index (χ1n) is 6.99. The van der Waals surface area contributed by atoms with Gasteiger partial charge in [0.1, 0.15) is 6.04 Å². The molecule has 2 rings (SSSR count). The average molecular weight is 270 g/mol. The number of nitrogens with zero attached hydrogens (tertiary/aromatic N) is 2. The molecule has 3 atom stereocenters. The number of aliphatic hydroxyl groups excluding tert-OH is 1. The van der Waals surface area contributed by atoms with Crippen LogP contribution in [0.5, 0.6) is 0 Å². The van der Waals surface area contributed by atoms with Gasteiger partial charge < -0.3 is 20.0 Å². The first-order valence-corrected chi connectivity index (χ1v) is 6.99. The highest BCUT2D eigenvalue weighted by atomic mass is 16.4. The summed E-state index contributed by atoms with van der Waals surface area (Å²) in [4.78, 5) is 26.6. The SMILES string of the molecule is CCC1CCCN(C(=O)N2C[C@H](O)C[C@H]2C(=O)O)C1. The molecule has 0 aromatic rings. The van der Waals surface area contributed by atoms with Gasteiger partial charge in [0, 0.05) is 26.1 Å². The molecule has 2 N–H and O–H groups in total. The van der Waals surface area contributed by atoms with E-state index in [9.17, 15) is 14.7 Å². The molecule has 0 aromatic heterocycles. The molecule has 0 spiro atoms. The Hall–Kier alpha value is -1.30. The predicted octanol–water partition coefficient (Wildman–Crippen LogP) is 0.748. The summed E-state index contributed by atoms with van der Waals surface area (Å²) in [6.45, 7) is 3.63. The van der Waals surface area contributed by atoms with Crippen molar-refractivity contribution in [2.75, 3.05) is 19.6 Å². The average Bonchev–Trinajstić information content (AvgIpc) is 2.80. The van der Waals surface area contributed by atoms with E-state index in [1.807, 2.05) is 0 Å². The number of hydrogen-bond donors (Lipinski definition) is 2. The molecule has 0 aromatic carbocycles. The maximum Gasteiger partial charge on any atom is 0.326 e. The number of piperidine rings is 1. The molecule has 108 valence electrons. The zero-order valence-electron chi connectivity index (χ0n) is 11.3. The smallest absolute Gasteiger partial charge is 0.326 e. The fraction of sp³-hybridized carbons (Fsp3) is 0.846. The summed E-state index contributed by atoms with van der Waals surface area (Å²) in [5.41, 5.74) is 0. The van der Waals surface area contributed by atoms with E-state index in [0.717, 1.165) is 19.3 Å². The Morgan fingerprint density at radius 2 is 2.05 bits per heavy atom. The molecule has 2 aliphatic heterocycles. The third-order valence-electron chi connectivity index (χ3n) is 4.18. The summed E-state index contributed by atoms with van der Waals surface area (Å²) in [5, 5.41) is 18.7. The normalized spacial score (nSPS) is 31.6.